The number of rotatable bonds is 3. The third kappa shape index (κ3) is 2.24. The first kappa shape index (κ1) is 13.3. The fourth-order valence-corrected chi connectivity index (χ4v) is 3.20. The minimum Gasteiger partial charge on any atom is -0.493 e. The summed E-state index contributed by atoms with van der Waals surface area (Å²) >= 11 is 0. The van der Waals surface area contributed by atoms with Crippen LogP contribution in [0.3, 0.4) is 0 Å². The third-order valence-electron chi connectivity index (χ3n) is 4.43. The van der Waals surface area contributed by atoms with Crippen molar-refractivity contribution in [2.75, 3.05) is 13.2 Å². The molecule has 0 spiro atoms. The molecule has 2 aliphatic rings. The highest BCUT2D eigenvalue weighted by atomic mass is 16.5. The van der Waals surface area contributed by atoms with Crippen molar-refractivity contribution in [2.24, 2.45) is 5.92 Å². The van der Waals surface area contributed by atoms with Crippen molar-refractivity contribution >= 4 is 5.91 Å². The fourth-order valence-electron chi connectivity index (χ4n) is 3.20. The van der Waals surface area contributed by atoms with Crippen LogP contribution in [0.25, 0.3) is 0 Å². The van der Waals surface area contributed by atoms with E-state index in [-0.39, 0.29) is 5.91 Å². The molecule has 4 rings (SSSR count). The molecule has 0 radical (unpaired) electrons. The van der Waals surface area contributed by atoms with Crippen molar-refractivity contribution in [3.8, 4) is 5.75 Å². The number of amides is 1. The van der Waals surface area contributed by atoms with Gasteiger partial charge in [0.25, 0.3) is 5.91 Å². The predicted octanol–water partition coefficient (Wildman–Crippen LogP) is 1.12. The molecular formula is C16H18N4O2. The molecule has 0 saturated carbocycles. The van der Waals surface area contributed by atoms with Gasteiger partial charge in [-0.3, -0.25) is 4.79 Å². The number of carbonyl (C=O) groups is 1. The lowest BCUT2D eigenvalue weighted by molar-refractivity contribution is 0.0947. The molecule has 0 aliphatic carbocycles. The molecule has 114 valence electrons. The van der Waals surface area contributed by atoms with Gasteiger partial charge < -0.3 is 14.6 Å². The monoisotopic (exact) mass is 298 g/mol. The number of hydrogen-bond donors (Lipinski definition) is 1. The summed E-state index contributed by atoms with van der Waals surface area (Å²) in [7, 11) is 0. The Bertz CT molecular complexity index is 738. The Labute approximate surface area is 128 Å². The van der Waals surface area contributed by atoms with E-state index in [1.165, 1.54) is 0 Å². The maximum absolute atomic E-state index is 12.3. The van der Waals surface area contributed by atoms with E-state index < -0.39 is 0 Å². The number of aryl methyl sites for hydroxylation is 1. The van der Waals surface area contributed by atoms with E-state index in [2.05, 4.69) is 20.1 Å². The van der Waals surface area contributed by atoms with Gasteiger partial charge in [-0.2, -0.15) is 0 Å². The van der Waals surface area contributed by atoms with Crippen molar-refractivity contribution in [1.29, 1.82) is 0 Å². The van der Waals surface area contributed by atoms with Gasteiger partial charge in [0, 0.05) is 37.4 Å². The lowest BCUT2D eigenvalue weighted by Crippen LogP contribution is -2.30. The van der Waals surface area contributed by atoms with Crippen LogP contribution in [0.5, 0.6) is 5.75 Å². The molecule has 1 unspecified atom stereocenters. The molecule has 6 heteroatoms. The highest BCUT2D eigenvalue weighted by Crippen LogP contribution is 2.26. The molecule has 1 N–H and O–H groups in total. The molecule has 2 aromatic rings. The van der Waals surface area contributed by atoms with Crippen molar-refractivity contribution in [2.45, 2.75) is 26.3 Å². The van der Waals surface area contributed by atoms with E-state index in [4.69, 9.17) is 4.74 Å². The SMILES string of the molecule is Cc1nnc2n1CC(CNC(=O)c1ccc3c(c1)CCO3)C2. The lowest BCUT2D eigenvalue weighted by Gasteiger charge is -2.11. The highest BCUT2D eigenvalue weighted by Gasteiger charge is 2.25. The molecule has 0 fully saturated rings. The van der Waals surface area contributed by atoms with Crippen LogP contribution in [0, 0.1) is 12.8 Å². The van der Waals surface area contributed by atoms with Gasteiger partial charge in [0.15, 0.2) is 0 Å². The first-order chi connectivity index (χ1) is 10.7. The number of nitrogens with zero attached hydrogens (tertiary/aromatic N) is 3. The van der Waals surface area contributed by atoms with Gasteiger partial charge in [-0.15, -0.1) is 10.2 Å². The zero-order chi connectivity index (χ0) is 15.1. The van der Waals surface area contributed by atoms with Crippen LogP contribution >= 0.6 is 0 Å². The summed E-state index contributed by atoms with van der Waals surface area (Å²) < 4.78 is 7.59. The van der Waals surface area contributed by atoms with Crippen molar-refractivity contribution in [1.82, 2.24) is 20.1 Å². The smallest absolute Gasteiger partial charge is 0.251 e. The van der Waals surface area contributed by atoms with Crippen LogP contribution in [0.15, 0.2) is 18.2 Å². The average molecular weight is 298 g/mol. The first-order valence-corrected chi connectivity index (χ1v) is 7.63. The lowest BCUT2D eigenvalue weighted by atomic mass is 10.1. The molecule has 1 atom stereocenters. The number of hydrogen-bond acceptors (Lipinski definition) is 4. The zero-order valence-corrected chi connectivity index (χ0v) is 12.5. The topological polar surface area (TPSA) is 69.0 Å². The molecule has 0 saturated heterocycles. The van der Waals surface area contributed by atoms with Gasteiger partial charge in [-0.1, -0.05) is 0 Å². The highest BCUT2D eigenvalue weighted by molar-refractivity contribution is 5.94. The third-order valence-corrected chi connectivity index (χ3v) is 4.43. The molecule has 3 heterocycles. The fraction of sp³-hybridized carbons (Fsp3) is 0.438. The van der Waals surface area contributed by atoms with E-state index >= 15 is 0 Å². The van der Waals surface area contributed by atoms with Crippen LogP contribution in [0.4, 0.5) is 0 Å². The Kier molecular flexibility index (Phi) is 3.10. The predicted molar refractivity (Wildman–Crippen MR) is 79.9 cm³/mol. The normalized spacial score (nSPS) is 18.7. The van der Waals surface area contributed by atoms with E-state index in [0.717, 1.165) is 42.3 Å². The molecule has 6 nitrogen and oxygen atoms in total. The molecule has 0 bridgehead atoms. The van der Waals surface area contributed by atoms with Crippen molar-refractivity contribution < 1.29 is 9.53 Å². The van der Waals surface area contributed by atoms with E-state index in [1.54, 1.807) is 0 Å². The summed E-state index contributed by atoms with van der Waals surface area (Å²) in [5.74, 6) is 3.25. The van der Waals surface area contributed by atoms with Crippen LogP contribution in [-0.4, -0.2) is 33.8 Å². The van der Waals surface area contributed by atoms with Gasteiger partial charge in [0.05, 0.1) is 6.61 Å². The standard InChI is InChI=1S/C16H18N4O2/c1-10-18-19-15-6-11(9-20(10)15)8-17-16(21)13-2-3-14-12(7-13)4-5-22-14/h2-3,7,11H,4-6,8-9H2,1H3,(H,17,21). The minimum absolute atomic E-state index is 0.0194. The van der Waals surface area contributed by atoms with Gasteiger partial charge in [0.1, 0.15) is 17.4 Å². The molecule has 1 amide bonds. The van der Waals surface area contributed by atoms with Crippen LogP contribution < -0.4 is 10.1 Å². The Hall–Kier alpha value is -2.37. The summed E-state index contributed by atoms with van der Waals surface area (Å²) in [5, 5.41) is 11.3. The Morgan fingerprint density at radius 2 is 2.36 bits per heavy atom. The quantitative estimate of drug-likeness (QED) is 0.922. The molecule has 1 aromatic heterocycles. The van der Waals surface area contributed by atoms with Crippen molar-refractivity contribution in [3.05, 3.63) is 41.0 Å². The van der Waals surface area contributed by atoms with Gasteiger partial charge in [0.2, 0.25) is 0 Å². The summed E-state index contributed by atoms with van der Waals surface area (Å²) in [5.41, 5.74) is 1.83. The van der Waals surface area contributed by atoms with Crippen molar-refractivity contribution in [3.63, 3.8) is 0 Å². The Balaban J connectivity index is 1.37. The maximum Gasteiger partial charge on any atom is 0.251 e. The van der Waals surface area contributed by atoms with Gasteiger partial charge in [-0.05, 0) is 30.7 Å². The second-order valence-electron chi connectivity index (χ2n) is 5.98. The number of ether oxygens (including phenoxy) is 1. The molecular weight excluding hydrogens is 280 g/mol. The molecule has 22 heavy (non-hydrogen) atoms. The van der Waals surface area contributed by atoms with Gasteiger partial charge in [-0.25, -0.2) is 0 Å². The Morgan fingerprint density at radius 1 is 1.45 bits per heavy atom. The van der Waals surface area contributed by atoms with Crippen LogP contribution in [-0.2, 0) is 19.4 Å². The second kappa shape index (κ2) is 5.12. The average Bonchev–Trinajstić information content (AvgIpc) is 3.21. The van der Waals surface area contributed by atoms with Crippen LogP contribution in [0.2, 0.25) is 0 Å². The van der Waals surface area contributed by atoms with Crippen LogP contribution in [0.1, 0.15) is 27.6 Å². The van der Waals surface area contributed by atoms with E-state index in [9.17, 15) is 4.79 Å². The summed E-state index contributed by atoms with van der Waals surface area (Å²) in [6.45, 7) is 4.22. The largest absolute Gasteiger partial charge is 0.493 e. The summed E-state index contributed by atoms with van der Waals surface area (Å²) in [6.07, 6.45) is 1.76. The number of aromatic nitrogens is 3. The van der Waals surface area contributed by atoms with E-state index in [1.807, 2.05) is 25.1 Å². The molecule has 2 aliphatic heterocycles. The second-order valence-corrected chi connectivity index (χ2v) is 5.98. The molecule has 1 aromatic carbocycles. The minimum atomic E-state index is -0.0194. The number of carbonyl (C=O) groups excluding carboxylic acids is 1. The zero-order valence-electron chi connectivity index (χ0n) is 12.5. The number of fused-ring (bicyclic) bond motifs is 2. The maximum atomic E-state index is 12.3. The first-order valence-electron chi connectivity index (χ1n) is 7.63. The summed E-state index contributed by atoms with van der Waals surface area (Å²) in [6, 6.07) is 5.65. The summed E-state index contributed by atoms with van der Waals surface area (Å²) in [4.78, 5) is 12.3. The number of benzene rings is 1. The Morgan fingerprint density at radius 3 is 3.23 bits per heavy atom. The number of nitrogens with one attached hydrogen (secondary N) is 1. The van der Waals surface area contributed by atoms with Gasteiger partial charge >= 0.3 is 0 Å². The van der Waals surface area contributed by atoms with E-state index in [0.29, 0.717) is 24.6 Å².